The molecule has 1 aromatic carbocycles. The van der Waals surface area contributed by atoms with Gasteiger partial charge in [-0.05, 0) is 43.1 Å². The smallest absolute Gasteiger partial charge is 0.324 e. The van der Waals surface area contributed by atoms with E-state index in [1.807, 2.05) is 6.07 Å². The van der Waals surface area contributed by atoms with E-state index in [9.17, 15) is 4.79 Å². The number of hydrogen-bond acceptors (Lipinski definition) is 3. The predicted octanol–water partition coefficient (Wildman–Crippen LogP) is 3.42. The summed E-state index contributed by atoms with van der Waals surface area (Å²) < 4.78 is 1.31. The van der Waals surface area contributed by atoms with E-state index in [0.717, 1.165) is 23.1 Å². The molecule has 1 aliphatic rings. The highest BCUT2D eigenvalue weighted by atomic mass is 16.2. The Balaban J connectivity index is 1.55. The summed E-state index contributed by atoms with van der Waals surface area (Å²) in [6.45, 7) is 3.43. The third kappa shape index (κ3) is 3.28. The molecular formula is C20H21N4O. The molecule has 0 aliphatic carbocycles. The molecule has 3 heterocycles. The molecule has 1 saturated heterocycles. The van der Waals surface area contributed by atoms with Crippen molar-refractivity contribution in [1.29, 1.82) is 0 Å². The molecule has 5 heteroatoms. The van der Waals surface area contributed by atoms with Crippen molar-refractivity contribution in [2.45, 2.75) is 25.8 Å². The van der Waals surface area contributed by atoms with Crippen LogP contribution in [0.15, 0.2) is 42.7 Å². The summed E-state index contributed by atoms with van der Waals surface area (Å²) in [6, 6.07) is 13.1. The normalized spacial score (nSPS) is 15.5. The van der Waals surface area contributed by atoms with Crippen LogP contribution >= 0.6 is 0 Å². The van der Waals surface area contributed by atoms with Gasteiger partial charge in [-0.3, -0.25) is 9.47 Å². The van der Waals surface area contributed by atoms with Crippen LogP contribution in [0.25, 0.3) is 22.2 Å². The highest BCUT2D eigenvalue weighted by molar-refractivity contribution is 5.90. The lowest BCUT2D eigenvalue weighted by atomic mass is 10.0. The fraction of sp³-hybridized carbons (Fsp3) is 0.300. The van der Waals surface area contributed by atoms with Gasteiger partial charge in [-0.25, -0.2) is 9.78 Å². The average molecular weight is 333 g/mol. The molecule has 1 aliphatic heterocycles. The standard InChI is InChI=1S/C20H21N4O/c21-20(25)24-11-8-17-12-18(13-22-19(17)24)16-6-4-15(5-7-16)14-23-9-2-1-3-10-23/h4-7,11-13H,1-3,9-10,14H2,(H2,21,25). The van der Waals surface area contributed by atoms with Crippen molar-refractivity contribution >= 4 is 17.1 Å². The molecule has 0 unspecified atom stereocenters. The van der Waals surface area contributed by atoms with Crippen LogP contribution in [0.1, 0.15) is 24.8 Å². The Bertz CT molecular complexity index is 892. The molecule has 25 heavy (non-hydrogen) atoms. The number of carbonyl (C=O) groups is 1. The molecule has 4 rings (SSSR count). The van der Waals surface area contributed by atoms with Gasteiger partial charge in [0.25, 0.3) is 0 Å². The molecule has 2 N–H and O–H groups in total. The number of likely N-dealkylation sites (tertiary alicyclic amines) is 1. The van der Waals surface area contributed by atoms with Crippen molar-refractivity contribution in [1.82, 2.24) is 14.5 Å². The van der Waals surface area contributed by atoms with Gasteiger partial charge in [0, 0.05) is 36.0 Å². The van der Waals surface area contributed by atoms with E-state index in [1.165, 1.54) is 48.7 Å². The van der Waals surface area contributed by atoms with Crippen molar-refractivity contribution in [3.05, 3.63) is 54.4 Å². The third-order valence-corrected chi connectivity index (χ3v) is 4.82. The number of aromatic nitrogens is 2. The monoisotopic (exact) mass is 333 g/mol. The number of pyridine rings is 1. The van der Waals surface area contributed by atoms with Gasteiger partial charge in [0.15, 0.2) is 0 Å². The number of nitrogens with two attached hydrogens (primary N) is 1. The van der Waals surface area contributed by atoms with Gasteiger partial charge in [-0.1, -0.05) is 30.7 Å². The SMILES string of the molecule is NC(=O)n1c[c]c2cc(-c3ccc(CN4CCCCC4)cc3)cnc21. The van der Waals surface area contributed by atoms with Crippen LogP contribution in [0.2, 0.25) is 0 Å². The summed E-state index contributed by atoms with van der Waals surface area (Å²) in [5.41, 5.74) is 9.32. The minimum atomic E-state index is -0.548. The van der Waals surface area contributed by atoms with E-state index in [1.54, 1.807) is 6.20 Å². The highest BCUT2D eigenvalue weighted by Gasteiger charge is 2.11. The molecule has 0 saturated carbocycles. The van der Waals surface area contributed by atoms with E-state index in [0.29, 0.717) is 5.65 Å². The molecule has 127 valence electrons. The van der Waals surface area contributed by atoms with Crippen molar-refractivity contribution in [3.63, 3.8) is 0 Å². The number of fused-ring (bicyclic) bond motifs is 1. The van der Waals surface area contributed by atoms with Crippen LogP contribution in [0.4, 0.5) is 4.79 Å². The first-order valence-electron chi connectivity index (χ1n) is 8.71. The quantitative estimate of drug-likeness (QED) is 0.799. The lowest BCUT2D eigenvalue weighted by molar-refractivity contribution is 0.221. The Morgan fingerprint density at radius 3 is 2.60 bits per heavy atom. The number of nitrogens with zero attached hydrogens (tertiary/aromatic N) is 3. The first-order valence-corrected chi connectivity index (χ1v) is 8.71. The summed E-state index contributed by atoms with van der Waals surface area (Å²) in [5.74, 6) is 0. The van der Waals surface area contributed by atoms with E-state index >= 15 is 0 Å². The number of carbonyl (C=O) groups excluding carboxylic acids is 1. The van der Waals surface area contributed by atoms with Gasteiger partial charge in [0.2, 0.25) is 0 Å². The van der Waals surface area contributed by atoms with Crippen LogP contribution in [0.3, 0.4) is 0 Å². The molecule has 0 atom stereocenters. The molecule has 2 aromatic heterocycles. The van der Waals surface area contributed by atoms with Crippen LogP contribution in [-0.4, -0.2) is 33.6 Å². The predicted molar refractivity (Wildman–Crippen MR) is 98.1 cm³/mol. The molecule has 1 fully saturated rings. The average Bonchev–Trinajstić information content (AvgIpc) is 3.07. The van der Waals surface area contributed by atoms with Crippen molar-refractivity contribution in [3.8, 4) is 11.1 Å². The maximum atomic E-state index is 11.4. The van der Waals surface area contributed by atoms with Gasteiger partial charge < -0.3 is 5.73 Å². The molecule has 1 radical (unpaired) electrons. The van der Waals surface area contributed by atoms with E-state index in [2.05, 4.69) is 40.2 Å². The number of primary amides is 1. The second-order valence-electron chi connectivity index (χ2n) is 6.61. The van der Waals surface area contributed by atoms with Crippen LogP contribution in [-0.2, 0) is 6.54 Å². The first kappa shape index (κ1) is 15.8. The fourth-order valence-corrected chi connectivity index (χ4v) is 3.46. The second-order valence-corrected chi connectivity index (χ2v) is 6.61. The number of benzene rings is 1. The van der Waals surface area contributed by atoms with Gasteiger partial charge in [0.05, 0.1) is 0 Å². The zero-order valence-corrected chi connectivity index (χ0v) is 14.1. The molecule has 0 spiro atoms. The third-order valence-electron chi connectivity index (χ3n) is 4.82. The van der Waals surface area contributed by atoms with Gasteiger partial charge in [-0.2, -0.15) is 0 Å². The Labute approximate surface area is 147 Å². The van der Waals surface area contributed by atoms with Crippen LogP contribution < -0.4 is 5.73 Å². The number of amides is 1. The van der Waals surface area contributed by atoms with Crippen molar-refractivity contribution in [2.24, 2.45) is 5.73 Å². The Morgan fingerprint density at radius 2 is 1.88 bits per heavy atom. The Hall–Kier alpha value is -2.66. The molecule has 3 aromatic rings. The first-order chi connectivity index (χ1) is 12.2. The highest BCUT2D eigenvalue weighted by Crippen LogP contribution is 2.24. The summed E-state index contributed by atoms with van der Waals surface area (Å²) >= 11 is 0. The van der Waals surface area contributed by atoms with Gasteiger partial charge in [-0.15, -0.1) is 0 Å². The van der Waals surface area contributed by atoms with Gasteiger partial charge >= 0.3 is 6.03 Å². The number of hydrogen-bond donors (Lipinski definition) is 1. The number of rotatable bonds is 3. The van der Waals surface area contributed by atoms with Crippen molar-refractivity contribution in [2.75, 3.05) is 13.1 Å². The molecule has 0 bridgehead atoms. The van der Waals surface area contributed by atoms with E-state index in [-0.39, 0.29) is 0 Å². The maximum Gasteiger partial charge on any atom is 0.324 e. The fourth-order valence-electron chi connectivity index (χ4n) is 3.46. The van der Waals surface area contributed by atoms with Crippen molar-refractivity contribution < 1.29 is 4.79 Å². The summed E-state index contributed by atoms with van der Waals surface area (Å²) in [4.78, 5) is 18.3. The molecular weight excluding hydrogens is 312 g/mol. The summed E-state index contributed by atoms with van der Waals surface area (Å²) in [5, 5.41) is 0.786. The second kappa shape index (κ2) is 6.69. The summed E-state index contributed by atoms with van der Waals surface area (Å²) in [7, 11) is 0. The zero-order valence-electron chi connectivity index (χ0n) is 14.1. The van der Waals surface area contributed by atoms with E-state index < -0.39 is 6.03 Å². The minimum absolute atomic E-state index is 0.540. The van der Waals surface area contributed by atoms with Gasteiger partial charge in [0.1, 0.15) is 5.65 Å². The molecule has 5 nitrogen and oxygen atoms in total. The van der Waals surface area contributed by atoms with Crippen LogP contribution in [0.5, 0.6) is 0 Å². The lowest BCUT2D eigenvalue weighted by Crippen LogP contribution is -2.28. The largest absolute Gasteiger partial charge is 0.351 e. The van der Waals surface area contributed by atoms with E-state index in [4.69, 9.17) is 5.73 Å². The maximum absolute atomic E-state index is 11.4. The molecule has 1 amide bonds. The summed E-state index contributed by atoms with van der Waals surface area (Å²) in [6.07, 6.45) is 7.29. The Kier molecular flexibility index (Phi) is 4.24. The zero-order chi connectivity index (χ0) is 17.2. The number of piperidine rings is 1. The Morgan fingerprint density at radius 1 is 1.12 bits per heavy atom. The topological polar surface area (TPSA) is 64.2 Å². The minimum Gasteiger partial charge on any atom is -0.351 e. The lowest BCUT2D eigenvalue weighted by Gasteiger charge is -2.26. The van der Waals surface area contributed by atoms with Crippen LogP contribution in [0, 0.1) is 6.07 Å².